The molecule has 31 heavy (non-hydrogen) atoms. The van der Waals surface area contributed by atoms with E-state index < -0.39 is 12.0 Å². The molecule has 0 saturated carbocycles. The average molecular weight is 491 g/mol. The van der Waals surface area contributed by atoms with E-state index in [1.165, 1.54) is 14.2 Å². The van der Waals surface area contributed by atoms with E-state index in [-0.39, 0.29) is 17.6 Å². The molecule has 1 atom stereocenters. The van der Waals surface area contributed by atoms with E-state index in [0.717, 1.165) is 10.0 Å². The molecule has 2 N–H and O–H groups in total. The van der Waals surface area contributed by atoms with Crippen LogP contribution in [-0.2, 0) is 20.9 Å². The summed E-state index contributed by atoms with van der Waals surface area (Å²) >= 11 is 3.44. The van der Waals surface area contributed by atoms with E-state index in [1.54, 1.807) is 18.2 Å². The average Bonchev–Trinajstić information content (AvgIpc) is 2.80. The smallest absolute Gasteiger partial charge is 0.333 e. The van der Waals surface area contributed by atoms with Gasteiger partial charge in [-0.15, -0.1) is 0 Å². The number of benzene rings is 2. The minimum Gasteiger partial charge on any atom is -0.504 e. The van der Waals surface area contributed by atoms with Gasteiger partial charge in [-0.3, -0.25) is 9.69 Å². The Kier molecular flexibility index (Phi) is 7.92. The van der Waals surface area contributed by atoms with Crippen LogP contribution in [0.1, 0.15) is 30.0 Å². The standard InChI is InChI=1S/C23H27BrN2O5/c1-30-19-13-18(24)12-17(21(19)27)14-26-10-8-16(9-11-26)22(28)25-20(23(29)31-2)15-6-4-3-5-7-15/h3-7,12-13,16,20,27H,8-11,14H2,1-2H3,(H,25,28). The van der Waals surface area contributed by atoms with Crippen LogP contribution >= 0.6 is 15.9 Å². The van der Waals surface area contributed by atoms with E-state index in [4.69, 9.17) is 9.47 Å². The van der Waals surface area contributed by atoms with Crippen molar-refractivity contribution in [2.24, 2.45) is 5.92 Å². The van der Waals surface area contributed by atoms with Gasteiger partial charge in [-0.25, -0.2) is 4.79 Å². The summed E-state index contributed by atoms with van der Waals surface area (Å²) in [4.78, 5) is 27.3. The molecular formula is C23H27BrN2O5. The van der Waals surface area contributed by atoms with E-state index in [9.17, 15) is 14.7 Å². The molecule has 0 aromatic heterocycles. The van der Waals surface area contributed by atoms with Gasteiger partial charge in [0.25, 0.3) is 0 Å². The number of amides is 1. The monoisotopic (exact) mass is 490 g/mol. The van der Waals surface area contributed by atoms with Crippen LogP contribution in [0.3, 0.4) is 0 Å². The molecule has 1 fully saturated rings. The summed E-state index contributed by atoms with van der Waals surface area (Å²) < 4.78 is 10.9. The van der Waals surface area contributed by atoms with Crippen LogP contribution in [0.5, 0.6) is 11.5 Å². The molecule has 1 saturated heterocycles. The lowest BCUT2D eigenvalue weighted by atomic mass is 9.94. The van der Waals surface area contributed by atoms with Gasteiger partial charge in [0, 0.05) is 22.5 Å². The number of aromatic hydroxyl groups is 1. The van der Waals surface area contributed by atoms with Crippen molar-refractivity contribution in [2.75, 3.05) is 27.3 Å². The predicted molar refractivity (Wildman–Crippen MR) is 120 cm³/mol. The van der Waals surface area contributed by atoms with Gasteiger partial charge in [0.05, 0.1) is 14.2 Å². The van der Waals surface area contributed by atoms with Gasteiger partial charge in [0.15, 0.2) is 17.5 Å². The quantitative estimate of drug-likeness (QED) is 0.578. The zero-order chi connectivity index (χ0) is 22.4. The molecule has 1 unspecified atom stereocenters. The molecule has 0 radical (unpaired) electrons. The first kappa shape index (κ1) is 23.1. The number of ether oxygens (including phenoxy) is 2. The van der Waals surface area contributed by atoms with Gasteiger partial charge in [-0.2, -0.15) is 0 Å². The molecule has 1 aliphatic heterocycles. The molecule has 0 aliphatic carbocycles. The molecule has 1 aliphatic rings. The second-order valence-corrected chi connectivity index (χ2v) is 8.46. The van der Waals surface area contributed by atoms with Crippen LogP contribution in [0.2, 0.25) is 0 Å². The number of halogens is 1. The third-order valence-electron chi connectivity index (χ3n) is 5.55. The highest BCUT2D eigenvalue weighted by Crippen LogP contribution is 2.35. The van der Waals surface area contributed by atoms with Gasteiger partial charge in [0.2, 0.25) is 5.91 Å². The number of hydrogen-bond donors (Lipinski definition) is 2. The normalized spacial score (nSPS) is 15.8. The molecule has 166 valence electrons. The molecule has 0 bridgehead atoms. The van der Waals surface area contributed by atoms with Crippen LogP contribution in [0, 0.1) is 5.92 Å². The Morgan fingerprint density at radius 1 is 1.19 bits per heavy atom. The Balaban J connectivity index is 1.59. The summed E-state index contributed by atoms with van der Waals surface area (Å²) in [6.45, 7) is 1.98. The number of carbonyl (C=O) groups is 2. The van der Waals surface area contributed by atoms with Crippen molar-refractivity contribution in [3.63, 3.8) is 0 Å². The number of piperidine rings is 1. The number of nitrogens with one attached hydrogen (secondary N) is 1. The van der Waals surface area contributed by atoms with E-state index in [1.807, 2.05) is 24.3 Å². The van der Waals surface area contributed by atoms with Crippen LogP contribution in [0.15, 0.2) is 46.9 Å². The molecule has 8 heteroatoms. The van der Waals surface area contributed by atoms with E-state index >= 15 is 0 Å². The molecule has 0 spiro atoms. The van der Waals surface area contributed by atoms with Crippen LogP contribution in [0.4, 0.5) is 0 Å². The third kappa shape index (κ3) is 5.77. The van der Waals surface area contributed by atoms with Crippen LogP contribution < -0.4 is 10.1 Å². The number of nitrogens with zero attached hydrogens (tertiary/aromatic N) is 1. The lowest BCUT2D eigenvalue weighted by Gasteiger charge is -2.32. The number of esters is 1. The van der Waals surface area contributed by atoms with E-state index in [2.05, 4.69) is 26.1 Å². The summed E-state index contributed by atoms with van der Waals surface area (Å²) in [6, 6.07) is 11.9. The summed E-state index contributed by atoms with van der Waals surface area (Å²) in [5.74, 6) is -0.262. The number of rotatable bonds is 7. The number of hydrogen-bond acceptors (Lipinski definition) is 6. The second kappa shape index (κ2) is 10.6. The van der Waals surface area contributed by atoms with Crippen molar-refractivity contribution < 1.29 is 24.2 Å². The van der Waals surface area contributed by atoms with Crippen molar-refractivity contribution in [3.8, 4) is 11.5 Å². The SMILES string of the molecule is COC(=O)C(NC(=O)C1CCN(Cc2cc(Br)cc(OC)c2O)CC1)c1ccccc1. The van der Waals surface area contributed by atoms with Crippen LogP contribution in [-0.4, -0.2) is 49.2 Å². The Labute approximate surface area is 190 Å². The maximum atomic E-state index is 12.8. The van der Waals surface area contributed by atoms with Gasteiger partial charge in [0.1, 0.15) is 0 Å². The Morgan fingerprint density at radius 2 is 1.87 bits per heavy atom. The molecule has 1 heterocycles. The fourth-order valence-corrected chi connectivity index (χ4v) is 4.28. The van der Waals surface area contributed by atoms with Gasteiger partial charge in [-0.1, -0.05) is 46.3 Å². The van der Waals surface area contributed by atoms with Crippen molar-refractivity contribution in [3.05, 3.63) is 58.1 Å². The maximum Gasteiger partial charge on any atom is 0.333 e. The molecular weight excluding hydrogens is 464 g/mol. The first-order valence-electron chi connectivity index (χ1n) is 10.1. The number of phenols is 1. The number of phenolic OH excluding ortho intramolecular Hbond substituents is 1. The molecule has 2 aromatic rings. The van der Waals surface area contributed by atoms with Crippen molar-refractivity contribution in [1.82, 2.24) is 10.2 Å². The zero-order valence-electron chi connectivity index (χ0n) is 17.6. The lowest BCUT2D eigenvalue weighted by Crippen LogP contribution is -2.43. The van der Waals surface area contributed by atoms with E-state index in [0.29, 0.717) is 43.8 Å². The van der Waals surface area contributed by atoms with Crippen molar-refractivity contribution >= 4 is 27.8 Å². The maximum absolute atomic E-state index is 12.8. The Hall–Kier alpha value is -2.58. The topological polar surface area (TPSA) is 88.1 Å². The first-order valence-corrected chi connectivity index (χ1v) is 10.9. The van der Waals surface area contributed by atoms with Gasteiger partial charge < -0.3 is 19.9 Å². The number of methoxy groups -OCH3 is 2. The Bertz CT molecular complexity index is 914. The van der Waals surface area contributed by atoms with Crippen molar-refractivity contribution in [2.45, 2.75) is 25.4 Å². The summed E-state index contributed by atoms with van der Waals surface area (Å²) in [5.41, 5.74) is 1.46. The third-order valence-corrected chi connectivity index (χ3v) is 6.01. The lowest BCUT2D eigenvalue weighted by molar-refractivity contribution is -0.146. The first-order chi connectivity index (χ1) is 14.9. The number of likely N-dealkylation sites (tertiary alicyclic amines) is 1. The highest BCUT2D eigenvalue weighted by atomic mass is 79.9. The molecule has 3 rings (SSSR count). The molecule has 2 aromatic carbocycles. The van der Waals surface area contributed by atoms with Crippen molar-refractivity contribution in [1.29, 1.82) is 0 Å². The molecule has 1 amide bonds. The fourth-order valence-electron chi connectivity index (χ4n) is 3.80. The summed E-state index contributed by atoms with van der Waals surface area (Å²) in [7, 11) is 2.83. The largest absolute Gasteiger partial charge is 0.504 e. The van der Waals surface area contributed by atoms with Crippen LogP contribution in [0.25, 0.3) is 0 Å². The second-order valence-electron chi connectivity index (χ2n) is 7.54. The summed E-state index contributed by atoms with van der Waals surface area (Å²) in [6.07, 6.45) is 1.33. The highest BCUT2D eigenvalue weighted by Gasteiger charge is 2.30. The highest BCUT2D eigenvalue weighted by molar-refractivity contribution is 9.10. The Morgan fingerprint density at radius 3 is 2.48 bits per heavy atom. The van der Waals surface area contributed by atoms with Gasteiger partial charge >= 0.3 is 5.97 Å². The van der Waals surface area contributed by atoms with Gasteiger partial charge in [-0.05, 0) is 43.6 Å². The number of carbonyl (C=O) groups excluding carboxylic acids is 2. The molecule has 7 nitrogen and oxygen atoms in total. The minimum atomic E-state index is -0.817. The summed E-state index contributed by atoms with van der Waals surface area (Å²) in [5, 5.41) is 13.2. The fraction of sp³-hybridized carbons (Fsp3) is 0.391. The zero-order valence-corrected chi connectivity index (χ0v) is 19.2. The predicted octanol–water partition coefficient (Wildman–Crippen LogP) is 3.41. The minimum absolute atomic E-state index is 0.134.